The standard InChI is InChI=1S/C17H14F5NO5/c1-4-27-16(24)11-10(7-23-15(14(11)26-3)17(20,21)22)28-9-6-5-8(18)12(19)13(9)25-2/h5-7H,4H2,1-3H3. The van der Waals surface area contributed by atoms with Crippen LogP contribution in [-0.2, 0) is 10.9 Å². The first-order valence-electron chi connectivity index (χ1n) is 7.66. The van der Waals surface area contributed by atoms with E-state index in [0.29, 0.717) is 12.3 Å². The molecule has 2 aromatic rings. The average molecular weight is 407 g/mol. The summed E-state index contributed by atoms with van der Waals surface area (Å²) in [4.78, 5) is 15.5. The van der Waals surface area contributed by atoms with Crippen molar-refractivity contribution < 1.29 is 45.7 Å². The molecule has 0 unspecified atom stereocenters. The Morgan fingerprint density at radius 3 is 2.25 bits per heavy atom. The van der Waals surface area contributed by atoms with Crippen LogP contribution in [0.15, 0.2) is 18.3 Å². The molecule has 0 fully saturated rings. The number of hydrogen-bond donors (Lipinski definition) is 0. The summed E-state index contributed by atoms with van der Waals surface area (Å²) in [5, 5.41) is 0. The molecule has 1 heterocycles. The minimum Gasteiger partial charge on any atom is -0.493 e. The van der Waals surface area contributed by atoms with Crippen LogP contribution in [0.4, 0.5) is 22.0 Å². The Morgan fingerprint density at radius 1 is 1.07 bits per heavy atom. The lowest BCUT2D eigenvalue weighted by atomic mass is 10.1. The molecule has 0 spiro atoms. The van der Waals surface area contributed by atoms with Gasteiger partial charge in [-0.15, -0.1) is 0 Å². The topological polar surface area (TPSA) is 66.9 Å². The first-order chi connectivity index (χ1) is 13.1. The van der Waals surface area contributed by atoms with Crippen LogP contribution >= 0.6 is 0 Å². The third kappa shape index (κ3) is 4.07. The number of carbonyl (C=O) groups excluding carboxylic acids is 1. The third-order valence-corrected chi connectivity index (χ3v) is 3.39. The van der Waals surface area contributed by atoms with Crippen molar-refractivity contribution in [2.24, 2.45) is 0 Å². The van der Waals surface area contributed by atoms with E-state index in [1.807, 2.05) is 0 Å². The number of halogens is 5. The van der Waals surface area contributed by atoms with Gasteiger partial charge in [-0.3, -0.25) is 0 Å². The summed E-state index contributed by atoms with van der Waals surface area (Å²) < 4.78 is 86.3. The lowest BCUT2D eigenvalue weighted by Gasteiger charge is -2.18. The molecular weight excluding hydrogens is 393 g/mol. The Labute approximate surface area is 155 Å². The maximum atomic E-state index is 13.9. The van der Waals surface area contributed by atoms with Crippen LogP contribution in [-0.4, -0.2) is 31.8 Å². The number of alkyl halides is 3. The van der Waals surface area contributed by atoms with Gasteiger partial charge in [0.1, 0.15) is 5.56 Å². The van der Waals surface area contributed by atoms with E-state index in [1.165, 1.54) is 6.92 Å². The molecular formula is C17H14F5NO5. The zero-order valence-corrected chi connectivity index (χ0v) is 14.8. The van der Waals surface area contributed by atoms with Gasteiger partial charge in [-0.2, -0.15) is 17.6 Å². The minimum absolute atomic E-state index is 0.153. The Kier molecular flexibility index (Phi) is 6.26. The second-order valence-corrected chi connectivity index (χ2v) is 5.09. The molecule has 2 rings (SSSR count). The van der Waals surface area contributed by atoms with Gasteiger partial charge >= 0.3 is 12.1 Å². The summed E-state index contributed by atoms with van der Waals surface area (Å²) in [6.45, 7) is 1.29. The average Bonchev–Trinajstić information content (AvgIpc) is 2.63. The number of pyridine rings is 1. The van der Waals surface area contributed by atoms with Crippen LogP contribution in [0.3, 0.4) is 0 Å². The zero-order chi connectivity index (χ0) is 21.1. The Hall–Kier alpha value is -3.11. The van der Waals surface area contributed by atoms with E-state index >= 15 is 0 Å². The Bertz CT molecular complexity index is 885. The van der Waals surface area contributed by atoms with Gasteiger partial charge in [0, 0.05) is 0 Å². The van der Waals surface area contributed by atoms with Crippen molar-refractivity contribution in [3.63, 3.8) is 0 Å². The maximum absolute atomic E-state index is 13.9. The minimum atomic E-state index is -4.94. The van der Waals surface area contributed by atoms with E-state index in [9.17, 15) is 26.7 Å². The van der Waals surface area contributed by atoms with Gasteiger partial charge in [0.25, 0.3) is 0 Å². The Balaban J connectivity index is 2.68. The first-order valence-corrected chi connectivity index (χ1v) is 7.66. The fraction of sp³-hybridized carbons (Fsp3) is 0.294. The van der Waals surface area contributed by atoms with E-state index in [0.717, 1.165) is 20.3 Å². The molecule has 1 aromatic carbocycles. The van der Waals surface area contributed by atoms with Crippen molar-refractivity contribution >= 4 is 5.97 Å². The number of benzene rings is 1. The van der Waals surface area contributed by atoms with Crippen molar-refractivity contribution in [2.75, 3.05) is 20.8 Å². The fourth-order valence-electron chi connectivity index (χ4n) is 2.25. The molecule has 0 atom stereocenters. The van der Waals surface area contributed by atoms with Crippen molar-refractivity contribution in [3.05, 3.63) is 41.2 Å². The third-order valence-electron chi connectivity index (χ3n) is 3.39. The number of aromatic nitrogens is 1. The lowest BCUT2D eigenvalue weighted by Crippen LogP contribution is -2.16. The highest BCUT2D eigenvalue weighted by atomic mass is 19.4. The summed E-state index contributed by atoms with van der Waals surface area (Å²) in [7, 11) is 1.93. The SMILES string of the molecule is CCOC(=O)c1c(Oc2ccc(F)c(F)c2OC)cnc(C(F)(F)F)c1OC. The molecule has 0 saturated carbocycles. The molecule has 11 heteroatoms. The molecule has 28 heavy (non-hydrogen) atoms. The summed E-state index contributed by atoms with van der Waals surface area (Å²) in [6.07, 6.45) is -4.34. The van der Waals surface area contributed by atoms with Crippen LogP contribution in [0.1, 0.15) is 23.0 Å². The molecule has 0 aliphatic heterocycles. The molecule has 0 N–H and O–H groups in total. The van der Waals surface area contributed by atoms with Crippen LogP contribution < -0.4 is 14.2 Å². The fourth-order valence-corrected chi connectivity index (χ4v) is 2.25. The lowest BCUT2D eigenvalue weighted by molar-refractivity contribution is -0.142. The van der Waals surface area contributed by atoms with Crippen LogP contribution in [0.2, 0.25) is 0 Å². The van der Waals surface area contributed by atoms with E-state index < -0.39 is 58.0 Å². The molecule has 6 nitrogen and oxygen atoms in total. The highest BCUT2D eigenvalue weighted by Gasteiger charge is 2.40. The monoisotopic (exact) mass is 407 g/mol. The second-order valence-electron chi connectivity index (χ2n) is 5.09. The quantitative estimate of drug-likeness (QED) is 0.524. The first kappa shape index (κ1) is 21.2. The maximum Gasteiger partial charge on any atom is 0.437 e. The molecule has 152 valence electrons. The van der Waals surface area contributed by atoms with Crippen LogP contribution in [0.5, 0.6) is 23.0 Å². The molecule has 0 bridgehead atoms. The largest absolute Gasteiger partial charge is 0.493 e. The van der Waals surface area contributed by atoms with E-state index in [-0.39, 0.29) is 6.61 Å². The second kappa shape index (κ2) is 8.28. The van der Waals surface area contributed by atoms with E-state index in [4.69, 9.17) is 18.9 Å². The number of nitrogens with zero attached hydrogens (tertiary/aromatic N) is 1. The molecule has 0 aliphatic rings. The number of hydrogen-bond acceptors (Lipinski definition) is 6. The number of carbonyl (C=O) groups is 1. The van der Waals surface area contributed by atoms with E-state index in [2.05, 4.69) is 4.98 Å². The van der Waals surface area contributed by atoms with Gasteiger partial charge in [0.2, 0.25) is 11.6 Å². The van der Waals surface area contributed by atoms with Crippen molar-refractivity contribution in [2.45, 2.75) is 13.1 Å². The summed E-state index contributed by atoms with van der Waals surface area (Å²) >= 11 is 0. The predicted molar refractivity (Wildman–Crippen MR) is 84.7 cm³/mol. The van der Waals surface area contributed by atoms with Gasteiger partial charge < -0.3 is 18.9 Å². The summed E-state index contributed by atoms with van der Waals surface area (Å²) in [5.41, 5.74) is -2.21. The normalized spacial score (nSPS) is 11.1. The smallest absolute Gasteiger partial charge is 0.437 e. The van der Waals surface area contributed by atoms with Gasteiger partial charge in [-0.25, -0.2) is 14.2 Å². The molecule has 1 aromatic heterocycles. The number of methoxy groups -OCH3 is 2. The van der Waals surface area contributed by atoms with Gasteiger partial charge in [-0.05, 0) is 19.1 Å². The van der Waals surface area contributed by atoms with E-state index in [1.54, 1.807) is 0 Å². The van der Waals surface area contributed by atoms with Crippen molar-refractivity contribution in [1.82, 2.24) is 4.98 Å². The Morgan fingerprint density at radius 2 is 1.71 bits per heavy atom. The summed E-state index contributed by atoms with van der Waals surface area (Å²) in [5.74, 6) is -6.35. The van der Waals surface area contributed by atoms with Gasteiger partial charge in [0.15, 0.2) is 28.8 Å². The molecule has 0 radical (unpaired) electrons. The molecule has 0 saturated heterocycles. The highest BCUT2D eigenvalue weighted by Crippen LogP contribution is 2.43. The molecule has 0 amide bonds. The highest BCUT2D eigenvalue weighted by molar-refractivity contribution is 5.96. The van der Waals surface area contributed by atoms with Crippen LogP contribution in [0, 0.1) is 11.6 Å². The number of rotatable bonds is 6. The van der Waals surface area contributed by atoms with Gasteiger partial charge in [-0.1, -0.05) is 0 Å². The van der Waals surface area contributed by atoms with Crippen molar-refractivity contribution in [1.29, 1.82) is 0 Å². The zero-order valence-electron chi connectivity index (χ0n) is 14.8. The number of ether oxygens (including phenoxy) is 4. The predicted octanol–water partition coefficient (Wildman–Crippen LogP) is 4.36. The van der Waals surface area contributed by atoms with Crippen LogP contribution in [0.25, 0.3) is 0 Å². The van der Waals surface area contributed by atoms with Crippen molar-refractivity contribution in [3.8, 4) is 23.0 Å². The molecule has 0 aliphatic carbocycles. The number of esters is 1. The summed E-state index contributed by atoms with van der Waals surface area (Å²) in [6, 6.07) is 1.68. The van der Waals surface area contributed by atoms with Gasteiger partial charge in [0.05, 0.1) is 27.0 Å².